The smallest absolute Gasteiger partial charge is 0.255 e. The summed E-state index contributed by atoms with van der Waals surface area (Å²) in [6, 6.07) is 16.2. The molecule has 1 aliphatic rings. The fourth-order valence-electron chi connectivity index (χ4n) is 3.00. The first-order valence-electron chi connectivity index (χ1n) is 8.65. The molecule has 0 radical (unpaired) electrons. The Bertz CT molecular complexity index is 740. The molecule has 0 saturated carbocycles. The Kier molecular flexibility index (Phi) is 5.33. The van der Waals surface area contributed by atoms with Crippen LogP contribution in [0.5, 0.6) is 0 Å². The first-order valence-corrected chi connectivity index (χ1v) is 8.65. The third-order valence-corrected chi connectivity index (χ3v) is 4.33. The predicted molar refractivity (Wildman–Crippen MR) is 99.7 cm³/mol. The van der Waals surface area contributed by atoms with E-state index < -0.39 is 0 Å². The number of likely N-dealkylation sites (tertiary alicyclic amines) is 1. The zero-order chi connectivity index (χ0) is 17.6. The number of amides is 2. The van der Waals surface area contributed by atoms with Crippen LogP contribution < -0.4 is 10.6 Å². The largest absolute Gasteiger partial charge is 0.374 e. The zero-order valence-corrected chi connectivity index (χ0v) is 14.4. The molecule has 130 valence electrons. The molecule has 1 fully saturated rings. The molecule has 0 bridgehead atoms. The zero-order valence-electron chi connectivity index (χ0n) is 14.4. The first-order chi connectivity index (χ1) is 12.1. The second kappa shape index (κ2) is 7.83. The van der Waals surface area contributed by atoms with Crippen molar-refractivity contribution in [2.24, 2.45) is 0 Å². The van der Waals surface area contributed by atoms with E-state index in [1.54, 1.807) is 12.1 Å². The van der Waals surface area contributed by atoms with Crippen molar-refractivity contribution in [3.8, 4) is 0 Å². The minimum Gasteiger partial charge on any atom is -0.374 e. The maximum Gasteiger partial charge on any atom is 0.255 e. The Balaban J connectivity index is 1.63. The molecule has 3 rings (SSSR count). The number of carbonyl (C=O) groups is 2. The summed E-state index contributed by atoms with van der Waals surface area (Å²) < 4.78 is 0. The van der Waals surface area contributed by atoms with E-state index >= 15 is 0 Å². The highest BCUT2D eigenvalue weighted by Gasteiger charge is 2.23. The van der Waals surface area contributed by atoms with Gasteiger partial charge in [-0.25, -0.2) is 0 Å². The van der Waals surface area contributed by atoms with Gasteiger partial charge in [-0.1, -0.05) is 24.3 Å². The van der Waals surface area contributed by atoms with Crippen molar-refractivity contribution in [3.63, 3.8) is 0 Å². The molecule has 1 aliphatic heterocycles. The Morgan fingerprint density at radius 1 is 0.960 bits per heavy atom. The number of anilines is 2. The summed E-state index contributed by atoms with van der Waals surface area (Å²) in [6.07, 6.45) is 2.17. The minimum atomic E-state index is -0.293. The maximum absolute atomic E-state index is 12.4. The fraction of sp³-hybridized carbons (Fsp3) is 0.300. The van der Waals surface area contributed by atoms with Gasteiger partial charge in [0.15, 0.2) is 0 Å². The van der Waals surface area contributed by atoms with Crippen LogP contribution in [0.3, 0.4) is 0 Å². The highest BCUT2D eigenvalue weighted by molar-refractivity contribution is 6.04. The molecule has 2 aromatic rings. The number of nitrogens with one attached hydrogen (secondary N) is 2. The molecule has 0 aliphatic carbocycles. The van der Waals surface area contributed by atoms with Gasteiger partial charge in [0.1, 0.15) is 6.04 Å². The van der Waals surface area contributed by atoms with Crippen LogP contribution in [0.15, 0.2) is 54.6 Å². The van der Waals surface area contributed by atoms with E-state index in [9.17, 15) is 9.59 Å². The van der Waals surface area contributed by atoms with Crippen molar-refractivity contribution in [1.29, 1.82) is 0 Å². The van der Waals surface area contributed by atoms with Gasteiger partial charge < -0.3 is 15.5 Å². The second-order valence-electron chi connectivity index (χ2n) is 6.30. The molecule has 2 amide bonds. The van der Waals surface area contributed by atoms with Gasteiger partial charge in [-0.3, -0.25) is 9.59 Å². The Hall–Kier alpha value is -2.82. The van der Waals surface area contributed by atoms with Gasteiger partial charge >= 0.3 is 0 Å². The minimum absolute atomic E-state index is 0.122. The van der Waals surface area contributed by atoms with E-state index in [0.29, 0.717) is 11.3 Å². The summed E-state index contributed by atoms with van der Waals surface area (Å²) >= 11 is 0. The van der Waals surface area contributed by atoms with Gasteiger partial charge in [0.2, 0.25) is 5.91 Å². The fourth-order valence-corrected chi connectivity index (χ4v) is 3.00. The number of hydrogen-bond donors (Lipinski definition) is 2. The summed E-state index contributed by atoms with van der Waals surface area (Å²) in [5.74, 6) is -0.0323. The summed E-state index contributed by atoms with van der Waals surface area (Å²) in [4.78, 5) is 26.5. The molecule has 1 heterocycles. The lowest BCUT2D eigenvalue weighted by Crippen LogP contribution is -2.39. The average molecular weight is 337 g/mol. The molecule has 1 atom stereocenters. The number of benzene rings is 2. The number of nitrogens with zero attached hydrogens (tertiary/aromatic N) is 1. The van der Waals surface area contributed by atoms with Crippen LogP contribution in [0, 0.1) is 0 Å². The molecular weight excluding hydrogens is 314 g/mol. The molecule has 5 nitrogen and oxygen atoms in total. The molecule has 0 spiro atoms. The van der Waals surface area contributed by atoms with E-state index in [-0.39, 0.29) is 17.9 Å². The first kappa shape index (κ1) is 17.0. The van der Waals surface area contributed by atoms with Crippen LogP contribution in [0.4, 0.5) is 11.4 Å². The molecule has 0 unspecified atom stereocenters. The van der Waals surface area contributed by atoms with Crippen LogP contribution >= 0.6 is 0 Å². The van der Waals surface area contributed by atoms with Crippen LogP contribution in [0.2, 0.25) is 0 Å². The lowest BCUT2D eigenvalue weighted by atomic mass is 10.2. The van der Waals surface area contributed by atoms with Gasteiger partial charge in [-0.05, 0) is 50.1 Å². The molecule has 25 heavy (non-hydrogen) atoms. The van der Waals surface area contributed by atoms with E-state index in [0.717, 1.165) is 31.6 Å². The SMILES string of the molecule is C[C@@H](Nc1cccc(NC(=O)c2ccccc2)c1)C(=O)N1CCCC1. The van der Waals surface area contributed by atoms with Crippen LogP contribution in [-0.4, -0.2) is 35.8 Å². The maximum atomic E-state index is 12.4. The quantitative estimate of drug-likeness (QED) is 0.879. The van der Waals surface area contributed by atoms with Gasteiger partial charge in [0.25, 0.3) is 5.91 Å². The van der Waals surface area contributed by atoms with Gasteiger partial charge in [0, 0.05) is 30.0 Å². The monoisotopic (exact) mass is 337 g/mol. The molecule has 1 saturated heterocycles. The summed E-state index contributed by atoms with van der Waals surface area (Å²) in [5, 5.41) is 6.11. The van der Waals surface area contributed by atoms with Crippen molar-refractivity contribution < 1.29 is 9.59 Å². The topological polar surface area (TPSA) is 61.4 Å². The summed E-state index contributed by atoms with van der Waals surface area (Å²) in [5.41, 5.74) is 2.11. The molecule has 0 aromatic heterocycles. The number of hydrogen-bond acceptors (Lipinski definition) is 3. The van der Waals surface area contributed by atoms with E-state index in [4.69, 9.17) is 0 Å². The lowest BCUT2D eigenvalue weighted by Gasteiger charge is -2.22. The normalized spacial score (nSPS) is 14.8. The summed E-state index contributed by atoms with van der Waals surface area (Å²) in [6.45, 7) is 3.56. The Labute approximate surface area is 148 Å². The molecule has 2 aromatic carbocycles. The Morgan fingerprint density at radius 3 is 2.36 bits per heavy atom. The Morgan fingerprint density at radius 2 is 1.64 bits per heavy atom. The molecule has 5 heteroatoms. The molecular formula is C20H23N3O2. The highest BCUT2D eigenvalue weighted by atomic mass is 16.2. The van der Waals surface area contributed by atoms with Crippen molar-refractivity contribution in [1.82, 2.24) is 4.90 Å². The number of rotatable bonds is 5. The van der Waals surface area contributed by atoms with Crippen LogP contribution in [0.25, 0.3) is 0 Å². The van der Waals surface area contributed by atoms with E-state index in [2.05, 4.69) is 10.6 Å². The lowest BCUT2D eigenvalue weighted by molar-refractivity contribution is -0.130. The average Bonchev–Trinajstić information content (AvgIpc) is 3.16. The third-order valence-electron chi connectivity index (χ3n) is 4.33. The van der Waals surface area contributed by atoms with Gasteiger partial charge in [0.05, 0.1) is 0 Å². The standard InChI is InChI=1S/C20H23N3O2/c1-15(20(25)23-12-5-6-13-23)21-17-10-7-11-18(14-17)22-19(24)16-8-3-2-4-9-16/h2-4,7-11,14-15,21H,5-6,12-13H2,1H3,(H,22,24)/t15-/m1/s1. The van der Waals surface area contributed by atoms with Crippen molar-refractivity contribution in [3.05, 3.63) is 60.2 Å². The predicted octanol–water partition coefficient (Wildman–Crippen LogP) is 3.36. The van der Waals surface area contributed by atoms with E-state index in [1.165, 1.54) is 0 Å². The van der Waals surface area contributed by atoms with Crippen LogP contribution in [-0.2, 0) is 4.79 Å². The van der Waals surface area contributed by atoms with Crippen molar-refractivity contribution in [2.75, 3.05) is 23.7 Å². The van der Waals surface area contributed by atoms with Crippen molar-refractivity contribution >= 4 is 23.2 Å². The van der Waals surface area contributed by atoms with Crippen molar-refractivity contribution in [2.45, 2.75) is 25.8 Å². The number of carbonyl (C=O) groups excluding carboxylic acids is 2. The van der Waals surface area contributed by atoms with Gasteiger partial charge in [-0.2, -0.15) is 0 Å². The third kappa shape index (κ3) is 4.38. The van der Waals surface area contributed by atoms with Crippen LogP contribution in [0.1, 0.15) is 30.1 Å². The summed E-state index contributed by atoms with van der Waals surface area (Å²) in [7, 11) is 0. The second-order valence-corrected chi connectivity index (χ2v) is 6.30. The van der Waals surface area contributed by atoms with E-state index in [1.807, 2.05) is 54.3 Å². The highest BCUT2D eigenvalue weighted by Crippen LogP contribution is 2.18. The molecule has 2 N–H and O–H groups in total. The van der Waals surface area contributed by atoms with Gasteiger partial charge in [-0.15, -0.1) is 0 Å².